The summed E-state index contributed by atoms with van der Waals surface area (Å²) in [5, 5.41) is 1.11. The molecule has 2 aromatic rings. The number of nitrogens with two attached hydrogens (primary N) is 1. The molecule has 84 valence electrons. The van der Waals surface area contributed by atoms with Crippen LogP contribution in [0.2, 0.25) is 0 Å². The first-order valence-electron chi connectivity index (χ1n) is 5.57. The Bertz CT molecular complexity index is 557. The fourth-order valence-corrected chi connectivity index (χ4v) is 3.91. The molecule has 0 aromatic carbocycles. The van der Waals surface area contributed by atoms with Crippen molar-refractivity contribution in [2.24, 2.45) is 5.41 Å². The van der Waals surface area contributed by atoms with Crippen LogP contribution in [0.4, 0.5) is 5.82 Å². The average molecular weight is 233 g/mol. The second-order valence-corrected chi connectivity index (χ2v) is 6.37. The van der Waals surface area contributed by atoms with E-state index in [1.165, 1.54) is 16.9 Å². The third-order valence-corrected chi connectivity index (χ3v) is 4.53. The minimum absolute atomic E-state index is 0.413. The van der Waals surface area contributed by atoms with Gasteiger partial charge in [0.1, 0.15) is 17.0 Å². The number of fused-ring (bicyclic) bond motifs is 3. The molecule has 0 saturated heterocycles. The van der Waals surface area contributed by atoms with Gasteiger partial charge >= 0.3 is 0 Å². The lowest BCUT2D eigenvalue weighted by molar-refractivity contribution is 0.320. The Hall–Kier alpha value is -1.16. The van der Waals surface area contributed by atoms with Gasteiger partial charge in [-0.15, -0.1) is 11.3 Å². The molecule has 3 rings (SSSR count). The minimum atomic E-state index is 0.413. The van der Waals surface area contributed by atoms with Gasteiger partial charge in [0.2, 0.25) is 0 Å². The van der Waals surface area contributed by atoms with Crippen LogP contribution < -0.4 is 5.73 Å². The van der Waals surface area contributed by atoms with Crippen LogP contribution in [0.3, 0.4) is 0 Å². The topological polar surface area (TPSA) is 51.8 Å². The number of anilines is 1. The van der Waals surface area contributed by atoms with E-state index in [1.54, 1.807) is 17.7 Å². The number of rotatable bonds is 0. The summed E-state index contributed by atoms with van der Waals surface area (Å²) in [4.78, 5) is 10.9. The van der Waals surface area contributed by atoms with Crippen LogP contribution in [-0.4, -0.2) is 9.97 Å². The van der Waals surface area contributed by atoms with Gasteiger partial charge in [-0.1, -0.05) is 13.8 Å². The zero-order chi connectivity index (χ0) is 11.3. The number of nitrogens with zero attached hydrogens (tertiary/aromatic N) is 2. The van der Waals surface area contributed by atoms with Crippen LogP contribution in [0.25, 0.3) is 10.2 Å². The third-order valence-electron chi connectivity index (χ3n) is 3.39. The molecule has 0 amide bonds. The van der Waals surface area contributed by atoms with Crippen molar-refractivity contribution < 1.29 is 0 Å². The highest BCUT2D eigenvalue weighted by atomic mass is 32.1. The molecule has 3 nitrogen and oxygen atoms in total. The SMILES string of the molecule is CC1(C)CCc2c(sc3ncnc(N)c23)C1. The molecule has 2 N–H and O–H groups in total. The molecule has 0 fully saturated rings. The van der Waals surface area contributed by atoms with Crippen molar-refractivity contribution in [2.45, 2.75) is 33.1 Å². The van der Waals surface area contributed by atoms with Gasteiger partial charge in [-0.2, -0.15) is 0 Å². The van der Waals surface area contributed by atoms with Crippen LogP contribution in [0.1, 0.15) is 30.7 Å². The van der Waals surface area contributed by atoms with E-state index in [1.807, 2.05) is 0 Å². The lowest BCUT2D eigenvalue weighted by Gasteiger charge is -2.29. The quantitative estimate of drug-likeness (QED) is 0.761. The van der Waals surface area contributed by atoms with E-state index in [0.29, 0.717) is 11.2 Å². The first-order chi connectivity index (χ1) is 7.57. The summed E-state index contributed by atoms with van der Waals surface area (Å²) in [6, 6.07) is 0. The van der Waals surface area contributed by atoms with E-state index in [0.717, 1.165) is 23.1 Å². The standard InChI is InChI=1S/C12H15N3S/c1-12(2)4-3-7-8(5-12)16-11-9(7)10(13)14-6-15-11/h6H,3-5H2,1-2H3,(H2,13,14,15). The van der Waals surface area contributed by atoms with Gasteiger partial charge < -0.3 is 5.73 Å². The number of hydrogen-bond donors (Lipinski definition) is 1. The number of aryl methyl sites for hydroxylation is 1. The molecule has 0 bridgehead atoms. The molecule has 0 unspecified atom stereocenters. The van der Waals surface area contributed by atoms with Gasteiger partial charge in [-0.05, 0) is 30.2 Å². The Morgan fingerprint density at radius 2 is 2.19 bits per heavy atom. The van der Waals surface area contributed by atoms with E-state index >= 15 is 0 Å². The van der Waals surface area contributed by atoms with E-state index in [9.17, 15) is 0 Å². The van der Waals surface area contributed by atoms with Crippen LogP contribution >= 0.6 is 11.3 Å². The van der Waals surface area contributed by atoms with E-state index in [4.69, 9.17) is 5.73 Å². The Labute approximate surface area is 98.7 Å². The maximum atomic E-state index is 5.95. The highest BCUT2D eigenvalue weighted by Crippen LogP contribution is 2.43. The van der Waals surface area contributed by atoms with Gasteiger partial charge in [0.25, 0.3) is 0 Å². The second-order valence-electron chi connectivity index (χ2n) is 5.28. The summed E-state index contributed by atoms with van der Waals surface area (Å²) in [5.74, 6) is 0.641. The van der Waals surface area contributed by atoms with Gasteiger partial charge in [0, 0.05) is 4.88 Å². The smallest absolute Gasteiger partial charge is 0.135 e. The third kappa shape index (κ3) is 1.40. The lowest BCUT2D eigenvalue weighted by atomic mass is 9.77. The van der Waals surface area contributed by atoms with Gasteiger partial charge in [0.05, 0.1) is 5.39 Å². The van der Waals surface area contributed by atoms with Gasteiger partial charge in [-0.25, -0.2) is 9.97 Å². The summed E-state index contributed by atoms with van der Waals surface area (Å²) >= 11 is 1.79. The van der Waals surface area contributed by atoms with E-state index in [-0.39, 0.29) is 0 Å². The summed E-state index contributed by atoms with van der Waals surface area (Å²) in [6.07, 6.45) is 5.04. The van der Waals surface area contributed by atoms with Crippen LogP contribution in [0.15, 0.2) is 6.33 Å². The maximum absolute atomic E-state index is 5.95. The zero-order valence-electron chi connectivity index (χ0n) is 9.58. The highest BCUT2D eigenvalue weighted by Gasteiger charge is 2.29. The maximum Gasteiger partial charge on any atom is 0.135 e. The Kier molecular flexibility index (Phi) is 1.98. The van der Waals surface area contributed by atoms with E-state index < -0.39 is 0 Å². The molecule has 0 aliphatic heterocycles. The minimum Gasteiger partial charge on any atom is -0.383 e. The van der Waals surface area contributed by atoms with E-state index in [2.05, 4.69) is 23.8 Å². The Morgan fingerprint density at radius 1 is 1.38 bits per heavy atom. The van der Waals surface area contributed by atoms with Crippen molar-refractivity contribution in [1.29, 1.82) is 0 Å². The number of hydrogen-bond acceptors (Lipinski definition) is 4. The number of aromatic nitrogens is 2. The van der Waals surface area contributed by atoms with Crippen molar-refractivity contribution in [3.63, 3.8) is 0 Å². The summed E-state index contributed by atoms with van der Waals surface area (Å²) in [5.41, 5.74) is 7.76. The largest absolute Gasteiger partial charge is 0.383 e. The molecule has 2 heterocycles. The lowest BCUT2D eigenvalue weighted by Crippen LogP contribution is -2.20. The second kappa shape index (κ2) is 3.17. The molecule has 4 heteroatoms. The molecular formula is C12H15N3S. The first-order valence-corrected chi connectivity index (χ1v) is 6.39. The van der Waals surface area contributed by atoms with Crippen LogP contribution in [-0.2, 0) is 12.8 Å². The molecule has 0 radical (unpaired) electrons. The summed E-state index contributed by atoms with van der Waals surface area (Å²) in [6.45, 7) is 4.66. The molecule has 0 spiro atoms. The van der Waals surface area contributed by atoms with Gasteiger partial charge in [-0.3, -0.25) is 0 Å². The Balaban J connectivity index is 2.25. The first kappa shape index (κ1) is 10.0. The molecule has 1 aliphatic carbocycles. The van der Waals surface area contributed by atoms with Crippen LogP contribution in [0, 0.1) is 5.41 Å². The molecule has 2 aromatic heterocycles. The molecule has 1 aliphatic rings. The Morgan fingerprint density at radius 3 is 3.00 bits per heavy atom. The van der Waals surface area contributed by atoms with Crippen LogP contribution in [0.5, 0.6) is 0 Å². The van der Waals surface area contributed by atoms with Gasteiger partial charge in [0.15, 0.2) is 0 Å². The highest BCUT2D eigenvalue weighted by molar-refractivity contribution is 7.19. The molecule has 0 saturated carbocycles. The fourth-order valence-electron chi connectivity index (χ4n) is 2.45. The van der Waals surface area contributed by atoms with Crippen molar-refractivity contribution in [1.82, 2.24) is 9.97 Å². The zero-order valence-corrected chi connectivity index (χ0v) is 10.4. The number of thiophene rings is 1. The monoisotopic (exact) mass is 233 g/mol. The molecular weight excluding hydrogens is 218 g/mol. The van der Waals surface area contributed by atoms with Crippen molar-refractivity contribution in [3.05, 3.63) is 16.8 Å². The fraction of sp³-hybridized carbons (Fsp3) is 0.500. The molecule has 0 atom stereocenters. The van der Waals surface area contributed by atoms with Crippen molar-refractivity contribution in [3.8, 4) is 0 Å². The predicted molar refractivity (Wildman–Crippen MR) is 67.6 cm³/mol. The summed E-state index contributed by atoms with van der Waals surface area (Å²) in [7, 11) is 0. The number of nitrogen functional groups attached to an aromatic ring is 1. The molecule has 16 heavy (non-hydrogen) atoms. The normalized spacial score (nSPS) is 18.6. The predicted octanol–water partition coefficient (Wildman–Crippen LogP) is 2.79. The van der Waals surface area contributed by atoms with Crippen molar-refractivity contribution >= 4 is 27.4 Å². The summed E-state index contributed by atoms with van der Waals surface area (Å²) < 4.78 is 0. The average Bonchev–Trinajstić information content (AvgIpc) is 2.54. The van der Waals surface area contributed by atoms with Crippen molar-refractivity contribution in [2.75, 3.05) is 5.73 Å².